The first-order valence-electron chi connectivity index (χ1n) is 13.2. The van der Waals surface area contributed by atoms with E-state index in [1.807, 2.05) is 6.20 Å². The number of aromatic nitrogens is 2. The first kappa shape index (κ1) is 24.3. The number of hydrogen-bond acceptors (Lipinski definition) is 6. The minimum atomic E-state index is -0.257. The van der Waals surface area contributed by atoms with Gasteiger partial charge in [0.25, 0.3) is 0 Å². The third-order valence-corrected chi connectivity index (χ3v) is 7.79. The summed E-state index contributed by atoms with van der Waals surface area (Å²) in [6, 6.07) is 16.8. The van der Waals surface area contributed by atoms with Gasteiger partial charge in [0.15, 0.2) is 0 Å². The van der Waals surface area contributed by atoms with Crippen molar-refractivity contribution in [3.8, 4) is 0 Å². The Kier molecular flexibility index (Phi) is 6.19. The standard InChI is InChI=1S/C26H24N4O2.C4H8O2/c1-32-26(31)19-14-29-12-10-18-16-7-3-5-9-21(16)28-23(18)25(29)30-13-11-17-15-6-2-4-8-20(15)27-22(17)24(19)30;1-3-6-4(2)5/h2-9,14,24-25,27-28H,10-13H2,1H3;3H2,1-2H3/t24-,25-;/m1./s1. The summed E-state index contributed by atoms with van der Waals surface area (Å²) in [6.07, 6.45) is 4.03. The summed E-state index contributed by atoms with van der Waals surface area (Å²) >= 11 is 0. The zero-order chi connectivity index (χ0) is 26.4. The van der Waals surface area contributed by atoms with Crippen molar-refractivity contribution in [1.29, 1.82) is 0 Å². The fraction of sp³-hybridized carbons (Fsp3) is 0.333. The predicted molar refractivity (Wildman–Crippen MR) is 145 cm³/mol. The number of carbonyl (C=O) groups is 2. The van der Waals surface area contributed by atoms with Crippen LogP contribution in [0.1, 0.15) is 48.6 Å². The summed E-state index contributed by atoms with van der Waals surface area (Å²) < 4.78 is 9.65. The van der Waals surface area contributed by atoms with Gasteiger partial charge in [-0.05, 0) is 43.0 Å². The third kappa shape index (κ3) is 3.87. The van der Waals surface area contributed by atoms with Crippen molar-refractivity contribution in [2.75, 3.05) is 26.8 Å². The second kappa shape index (κ2) is 9.68. The van der Waals surface area contributed by atoms with Gasteiger partial charge < -0.3 is 24.3 Å². The fourth-order valence-electron chi connectivity index (χ4n) is 6.32. The quantitative estimate of drug-likeness (QED) is 0.377. The van der Waals surface area contributed by atoms with E-state index in [2.05, 4.69) is 73.0 Å². The van der Waals surface area contributed by atoms with E-state index in [0.29, 0.717) is 12.2 Å². The largest absolute Gasteiger partial charge is 0.466 e. The van der Waals surface area contributed by atoms with E-state index in [-0.39, 0.29) is 24.1 Å². The second-order valence-electron chi connectivity index (χ2n) is 9.88. The number of para-hydroxylation sites is 2. The zero-order valence-electron chi connectivity index (χ0n) is 21.9. The van der Waals surface area contributed by atoms with Crippen molar-refractivity contribution < 1.29 is 19.1 Å². The normalized spacial score (nSPS) is 19.9. The SMILES string of the molecule is CCOC(C)=O.COC(=O)C1=CN2CCc3c([nH]c4ccccc34)[C@H]2N2CCc3c([nH]c4ccccc34)[C@@H]12. The van der Waals surface area contributed by atoms with Crippen molar-refractivity contribution in [2.45, 2.75) is 38.9 Å². The van der Waals surface area contributed by atoms with E-state index >= 15 is 0 Å². The predicted octanol–water partition coefficient (Wildman–Crippen LogP) is 4.75. The molecule has 0 fully saturated rings. The van der Waals surface area contributed by atoms with E-state index < -0.39 is 0 Å². The van der Waals surface area contributed by atoms with Crippen molar-refractivity contribution in [1.82, 2.24) is 19.8 Å². The summed E-state index contributed by atoms with van der Waals surface area (Å²) in [4.78, 5) is 34.9. The minimum Gasteiger partial charge on any atom is -0.466 e. The number of nitrogens with one attached hydrogen (secondary N) is 2. The highest BCUT2D eigenvalue weighted by atomic mass is 16.5. The van der Waals surface area contributed by atoms with Gasteiger partial charge >= 0.3 is 11.9 Å². The Morgan fingerprint density at radius 3 is 2.13 bits per heavy atom. The molecule has 4 aromatic rings. The second-order valence-corrected chi connectivity index (χ2v) is 9.88. The summed E-state index contributed by atoms with van der Waals surface area (Å²) in [5, 5.41) is 2.56. The van der Waals surface area contributed by atoms with Crippen LogP contribution in [0.5, 0.6) is 0 Å². The lowest BCUT2D eigenvalue weighted by Crippen LogP contribution is -2.51. The first-order valence-corrected chi connectivity index (χ1v) is 13.2. The lowest BCUT2D eigenvalue weighted by atomic mass is 9.88. The highest BCUT2D eigenvalue weighted by Gasteiger charge is 2.47. The fourth-order valence-corrected chi connectivity index (χ4v) is 6.32. The van der Waals surface area contributed by atoms with Crippen LogP contribution in [-0.2, 0) is 31.9 Å². The van der Waals surface area contributed by atoms with E-state index in [9.17, 15) is 9.59 Å². The van der Waals surface area contributed by atoms with Gasteiger partial charge in [-0.3, -0.25) is 9.69 Å². The molecule has 2 N–H and O–H groups in total. The molecule has 0 unspecified atom stereocenters. The van der Waals surface area contributed by atoms with Crippen LogP contribution in [0, 0.1) is 0 Å². The molecule has 3 aliphatic rings. The molecule has 3 aliphatic heterocycles. The Morgan fingerprint density at radius 2 is 1.53 bits per heavy atom. The highest BCUT2D eigenvalue weighted by Crippen LogP contribution is 2.49. The Hall–Kier alpha value is -4.04. The summed E-state index contributed by atoms with van der Waals surface area (Å²) in [5.74, 6) is -0.468. The van der Waals surface area contributed by atoms with E-state index in [1.165, 1.54) is 47.1 Å². The molecular formula is C30H32N4O4. The maximum Gasteiger partial charge on any atom is 0.337 e. The van der Waals surface area contributed by atoms with Gasteiger partial charge in [0, 0.05) is 53.7 Å². The number of nitrogens with zero attached hydrogens (tertiary/aromatic N) is 2. The molecule has 7 rings (SSSR count). The van der Waals surface area contributed by atoms with Crippen LogP contribution in [-0.4, -0.2) is 58.5 Å². The number of benzene rings is 2. The Bertz CT molecular complexity index is 1570. The van der Waals surface area contributed by atoms with E-state index in [4.69, 9.17) is 4.74 Å². The monoisotopic (exact) mass is 512 g/mol. The number of hydrogen-bond donors (Lipinski definition) is 2. The molecular weight excluding hydrogens is 480 g/mol. The molecule has 38 heavy (non-hydrogen) atoms. The average molecular weight is 513 g/mol. The number of aromatic amines is 2. The van der Waals surface area contributed by atoms with Gasteiger partial charge in [-0.1, -0.05) is 36.4 Å². The molecule has 2 atom stereocenters. The molecule has 2 aromatic heterocycles. The first-order chi connectivity index (χ1) is 18.5. The highest BCUT2D eigenvalue weighted by molar-refractivity contribution is 5.92. The van der Waals surface area contributed by atoms with Crippen molar-refractivity contribution in [2.24, 2.45) is 0 Å². The van der Waals surface area contributed by atoms with Gasteiger partial charge in [0.1, 0.15) is 6.17 Å². The molecule has 0 aliphatic carbocycles. The molecule has 2 aromatic carbocycles. The number of carbonyl (C=O) groups excluding carboxylic acids is 2. The number of esters is 2. The summed E-state index contributed by atoms with van der Waals surface area (Å²) in [6.45, 7) is 5.41. The topological polar surface area (TPSA) is 90.7 Å². The Labute approximate surface area is 221 Å². The molecule has 0 saturated heterocycles. The van der Waals surface area contributed by atoms with Crippen LogP contribution in [0.4, 0.5) is 0 Å². The number of rotatable bonds is 2. The van der Waals surface area contributed by atoms with Crippen molar-refractivity contribution in [3.63, 3.8) is 0 Å². The van der Waals surface area contributed by atoms with E-state index in [1.54, 1.807) is 6.92 Å². The maximum atomic E-state index is 12.9. The van der Waals surface area contributed by atoms with Crippen LogP contribution >= 0.6 is 0 Å². The van der Waals surface area contributed by atoms with Gasteiger partial charge in [-0.2, -0.15) is 0 Å². The van der Waals surface area contributed by atoms with E-state index in [0.717, 1.165) is 37.1 Å². The van der Waals surface area contributed by atoms with Crippen LogP contribution in [0.3, 0.4) is 0 Å². The van der Waals surface area contributed by atoms with Gasteiger partial charge in [0.2, 0.25) is 0 Å². The van der Waals surface area contributed by atoms with Crippen molar-refractivity contribution >= 4 is 33.7 Å². The number of fused-ring (bicyclic) bond motifs is 11. The van der Waals surface area contributed by atoms with Crippen LogP contribution < -0.4 is 0 Å². The molecule has 8 nitrogen and oxygen atoms in total. The van der Waals surface area contributed by atoms with Crippen LogP contribution in [0.25, 0.3) is 21.8 Å². The van der Waals surface area contributed by atoms with Crippen LogP contribution in [0.2, 0.25) is 0 Å². The van der Waals surface area contributed by atoms with Gasteiger partial charge in [-0.25, -0.2) is 4.79 Å². The molecule has 0 spiro atoms. The van der Waals surface area contributed by atoms with Crippen molar-refractivity contribution in [3.05, 3.63) is 82.8 Å². The Balaban J connectivity index is 0.000000399. The summed E-state index contributed by atoms with van der Waals surface area (Å²) in [5.41, 5.74) is 8.11. The maximum absolute atomic E-state index is 12.9. The minimum absolute atomic E-state index is 0.0733. The molecule has 0 bridgehead atoms. The molecule has 0 saturated carbocycles. The lowest BCUT2D eigenvalue weighted by Gasteiger charge is -2.50. The average Bonchev–Trinajstić information content (AvgIpc) is 3.50. The van der Waals surface area contributed by atoms with Gasteiger partial charge in [-0.15, -0.1) is 0 Å². The molecule has 5 heterocycles. The summed E-state index contributed by atoms with van der Waals surface area (Å²) in [7, 11) is 1.47. The number of methoxy groups -OCH3 is 1. The molecule has 8 heteroatoms. The zero-order valence-corrected chi connectivity index (χ0v) is 21.9. The van der Waals surface area contributed by atoms with Crippen LogP contribution in [0.15, 0.2) is 60.3 Å². The lowest BCUT2D eigenvalue weighted by molar-refractivity contribution is -0.140. The third-order valence-electron chi connectivity index (χ3n) is 7.79. The number of ether oxygens (including phenoxy) is 2. The molecule has 0 amide bonds. The number of H-pyrrole nitrogens is 2. The van der Waals surface area contributed by atoms with Gasteiger partial charge in [0.05, 0.1) is 31.0 Å². The smallest absolute Gasteiger partial charge is 0.337 e. The Morgan fingerprint density at radius 1 is 0.921 bits per heavy atom. The molecule has 0 radical (unpaired) electrons. The molecule has 196 valence electrons.